The van der Waals surface area contributed by atoms with Crippen LogP contribution in [0.5, 0.6) is 0 Å². The van der Waals surface area contributed by atoms with Gasteiger partial charge in [0.15, 0.2) is 4.47 Å². The smallest absolute Gasteiger partial charge is 0.183 e. The molecule has 1 aromatic heterocycles. The van der Waals surface area contributed by atoms with Crippen molar-refractivity contribution in [1.82, 2.24) is 4.98 Å². The number of aryl methyl sites for hydroxylation is 1. The van der Waals surface area contributed by atoms with Crippen LogP contribution in [0.1, 0.15) is 10.4 Å². The van der Waals surface area contributed by atoms with E-state index in [-0.39, 0.29) is 0 Å². The first-order valence-corrected chi connectivity index (χ1v) is 7.22. The van der Waals surface area contributed by atoms with Gasteiger partial charge >= 0.3 is 0 Å². The second kappa shape index (κ2) is 5.57. The van der Waals surface area contributed by atoms with Gasteiger partial charge in [0, 0.05) is 21.2 Å². The summed E-state index contributed by atoms with van der Waals surface area (Å²) in [6.45, 7) is 2.73. The monoisotopic (exact) mass is 350 g/mol. The van der Waals surface area contributed by atoms with Gasteiger partial charge in [-0.1, -0.05) is 23.2 Å². The molecule has 0 aliphatic rings. The van der Waals surface area contributed by atoms with Crippen LogP contribution in [-0.4, -0.2) is 4.98 Å². The Labute approximate surface area is 122 Å². The average Bonchev–Trinajstić information content (AvgIpc) is 2.68. The molecule has 2 nitrogen and oxygen atoms in total. The van der Waals surface area contributed by atoms with Crippen molar-refractivity contribution in [2.24, 2.45) is 0 Å². The molecule has 0 saturated heterocycles. The Bertz CT molecular complexity index is 542. The molecule has 6 heteroatoms. The summed E-state index contributed by atoms with van der Waals surface area (Å²) in [4.78, 5) is 5.08. The van der Waals surface area contributed by atoms with Gasteiger partial charge in [0.2, 0.25) is 0 Å². The van der Waals surface area contributed by atoms with Gasteiger partial charge in [-0.3, -0.25) is 0 Å². The SMILES string of the molecule is Cc1cc(Br)c(Cl)cc1NCc1cnc(Cl)s1. The van der Waals surface area contributed by atoms with E-state index in [2.05, 4.69) is 26.2 Å². The summed E-state index contributed by atoms with van der Waals surface area (Å²) in [5.41, 5.74) is 2.15. The van der Waals surface area contributed by atoms with Gasteiger partial charge in [-0.25, -0.2) is 4.98 Å². The number of hydrogen-bond acceptors (Lipinski definition) is 3. The first kappa shape index (κ1) is 13.1. The normalized spacial score (nSPS) is 10.6. The van der Waals surface area contributed by atoms with Crippen LogP contribution in [0.15, 0.2) is 22.8 Å². The molecule has 0 bridgehead atoms. The maximum absolute atomic E-state index is 6.05. The number of aromatic nitrogens is 1. The Kier molecular flexibility index (Phi) is 4.31. The fraction of sp³-hybridized carbons (Fsp3) is 0.182. The number of anilines is 1. The maximum Gasteiger partial charge on any atom is 0.183 e. The van der Waals surface area contributed by atoms with Gasteiger partial charge in [0.05, 0.1) is 11.6 Å². The minimum Gasteiger partial charge on any atom is -0.380 e. The Hall–Kier alpha value is -0.290. The molecular formula is C11H9BrCl2N2S. The molecule has 1 N–H and O–H groups in total. The Morgan fingerprint density at radius 3 is 2.82 bits per heavy atom. The van der Waals surface area contributed by atoms with Gasteiger partial charge in [0.1, 0.15) is 0 Å². The van der Waals surface area contributed by atoms with Crippen LogP contribution < -0.4 is 5.32 Å². The minimum atomic E-state index is 0.562. The molecule has 17 heavy (non-hydrogen) atoms. The zero-order valence-electron chi connectivity index (χ0n) is 8.93. The van der Waals surface area contributed by atoms with E-state index in [1.54, 1.807) is 6.20 Å². The predicted octanol–water partition coefficient (Wildman–Crippen LogP) is 5.13. The van der Waals surface area contributed by atoms with Crippen molar-refractivity contribution in [2.45, 2.75) is 13.5 Å². The van der Waals surface area contributed by atoms with Crippen LogP contribution in [0.25, 0.3) is 0 Å². The highest BCUT2D eigenvalue weighted by Gasteiger charge is 2.05. The Morgan fingerprint density at radius 2 is 2.18 bits per heavy atom. The Morgan fingerprint density at radius 1 is 1.41 bits per heavy atom. The highest BCUT2D eigenvalue weighted by atomic mass is 79.9. The van der Waals surface area contributed by atoms with E-state index in [0.717, 1.165) is 20.6 Å². The topological polar surface area (TPSA) is 24.9 Å². The first-order chi connectivity index (χ1) is 8.06. The molecule has 0 atom stereocenters. The van der Waals surface area contributed by atoms with Gasteiger partial charge in [0.25, 0.3) is 0 Å². The van der Waals surface area contributed by atoms with Crippen molar-refractivity contribution >= 4 is 56.2 Å². The summed E-state index contributed by atoms with van der Waals surface area (Å²) in [5, 5.41) is 4.01. The van der Waals surface area contributed by atoms with Crippen LogP contribution in [0.2, 0.25) is 9.49 Å². The second-order valence-electron chi connectivity index (χ2n) is 3.51. The van der Waals surface area contributed by atoms with E-state index < -0.39 is 0 Å². The van der Waals surface area contributed by atoms with Gasteiger partial charge in [-0.15, -0.1) is 11.3 Å². The zero-order chi connectivity index (χ0) is 12.4. The van der Waals surface area contributed by atoms with Gasteiger partial charge in [-0.05, 0) is 40.5 Å². The molecule has 2 rings (SSSR count). The van der Waals surface area contributed by atoms with Gasteiger partial charge in [-0.2, -0.15) is 0 Å². The molecule has 0 saturated carbocycles. The first-order valence-electron chi connectivity index (χ1n) is 4.86. The van der Waals surface area contributed by atoms with Crippen LogP contribution in [-0.2, 0) is 6.54 Å². The summed E-state index contributed by atoms with van der Waals surface area (Å²) in [6, 6.07) is 3.90. The molecule has 0 spiro atoms. The fourth-order valence-corrected chi connectivity index (χ4v) is 2.92. The van der Waals surface area contributed by atoms with Crippen LogP contribution in [0, 0.1) is 6.92 Å². The lowest BCUT2D eigenvalue weighted by atomic mass is 10.2. The molecule has 0 aliphatic carbocycles. The van der Waals surface area contributed by atoms with Crippen molar-refractivity contribution in [3.05, 3.63) is 42.7 Å². The molecule has 1 aromatic carbocycles. The van der Waals surface area contributed by atoms with Crippen LogP contribution in [0.3, 0.4) is 0 Å². The van der Waals surface area contributed by atoms with E-state index in [0.29, 0.717) is 16.0 Å². The summed E-state index contributed by atoms with van der Waals surface area (Å²) in [5.74, 6) is 0. The number of thiazole rings is 1. The largest absolute Gasteiger partial charge is 0.380 e. The number of hydrogen-bond donors (Lipinski definition) is 1. The highest BCUT2D eigenvalue weighted by Crippen LogP contribution is 2.29. The fourth-order valence-electron chi connectivity index (χ4n) is 1.38. The number of benzene rings is 1. The zero-order valence-corrected chi connectivity index (χ0v) is 12.8. The highest BCUT2D eigenvalue weighted by molar-refractivity contribution is 9.10. The van der Waals surface area contributed by atoms with Crippen LogP contribution >= 0.6 is 50.5 Å². The molecule has 1 heterocycles. The van der Waals surface area contributed by atoms with E-state index in [1.807, 2.05) is 19.1 Å². The number of halogens is 3. The molecule has 90 valence electrons. The minimum absolute atomic E-state index is 0.562. The molecule has 0 aliphatic heterocycles. The van der Waals surface area contributed by atoms with Crippen molar-refractivity contribution < 1.29 is 0 Å². The number of rotatable bonds is 3. The number of nitrogens with one attached hydrogen (secondary N) is 1. The Balaban J connectivity index is 2.11. The summed E-state index contributed by atoms with van der Waals surface area (Å²) in [6.07, 6.45) is 1.77. The van der Waals surface area contributed by atoms with Crippen molar-refractivity contribution in [3.8, 4) is 0 Å². The van der Waals surface area contributed by atoms with Crippen LogP contribution in [0.4, 0.5) is 5.69 Å². The third kappa shape index (κ3) is 3.35. The lowest BCUT2D eigenvalue weighted by Crippen LogP contribution is -1.99. The maximum atomic E-state index is 6.05. The van der Waals surface area contributed by atoms with E-state index in [9.17, 15) is 0 Å². The third-order valence-electron chi connectivity index (χ3n) is 2.25. The quantitative estimate of drug-likeness (QED) is 0.828. The van der Waals surface area contributed by atoms with Gasteiger partial charge < -0.3 is 5.32 Å². The molecule has 0 radical (unpaired) electrons. The lowest BCUT2D eigenvalue weighted by molar-refractivity contribution is 1.16. The average molecular weight is 352 g/mol. The van der Waals surface area contributed by atoms with E-state index in [4.69, 9.17) is 23.2 Å². The standard InChI is InChI=1S/C11H9BrCl2N2S/c1-6-2-8(12)9(13)3-10(6)15-4-7-5-16-11(14)17-7/h2-3,5,15H,4H2,1H3. The summed E-state index contributed by atoms with van der Waals surface area (Å²) < 4.78 is 1.47. The molecule has 2 aromatic rings. The molecule has 0 amide bonds. The van der Waals surface area contributed by atoms with Crippen molar-refractivity contribution in [1.29, 1.82) is 0 Å². The lowest BCUT2D eigenvalue weighted by Gasteiger charge is -2.09. The predicted molar refractivity (Wildman–Crippen MR) is 78.3 cm³/mol. The van der Waals surface area contributed by atoms with E-state index in [1.165, 1.54) is 11.3 Å². The molecule has 0 unspecified atom stereocenters. The van der Waals surface area contributed by atoms with Crippen molar-refractivity contribution in [3.63, 3.8) is 0 Å². The molecular weight excluding hydrogens is 343 g/mol. The molecule has 0 fully saturated rings. The second-order valence-corrected chi connectivity index (χ2v) is 6.47. The summed E-state index contributed by atoms with van der Waals surface area (Å²) >= 11 is 16.7. The summed E-state index contributed by atoms with van der Waals surface area (Å²) in [7, 11) is 0. The van der Waals surface area contributed by atoms with E-state index >= 15 is 0 Å². The number of nitrogens with zero attached hydrogens (tertiary/aromatic N) is 1. The van der Waals surface area contributed by atoms with Crippen molar-refractivity contribution in [2.75, 3.05) is 5.32 Å². The third-order valence-corrected chi connectivity index (χ3v) is 4.56.